The molecule has 0 radical (unpaired) electrons. The molecular weight excluding hydrogens is 282 g/mol. The van der Waals surface area contributed by atoms with Crippen LogP contribution in [0.2, 0.25) is 0 Å². The van der Waals surface area contributed by atoms with E-state index >= 15 is 0 Å². The van der Waals surface area contributed by atoms with Gasteiger partial charge in [0.15, 0.2) is 0 Å². The molecule has 0 bridgehead atoms. The van der Waals surface area contributed by atoms with Crippen LogP contribution in [-0.4, -0.2) is 31.2 Å². The predicted octanol–water partition coefficient (Wildman–Crippen LogP) is 4.10. The molecule has 0 unspecified atom stereocenters. The van der Waals surface area contributed by atoms with Gasteiger partial charge >= 0.3 is 0 Å². The van der Waals surface area contributed by atoms with Gasteiger partial charge in [0.05, 0.1) is 0 Å². The monoisotopic (exact) mass is 309 g/mol. The number of rotatable bonds is 2. The maximum atomic E-state index is 4.49. The third-order valence-corrected chi connectivity index (χ3v) is 4.57. The Morgan fingerprint density at radius 2 is 1.52 bits per heavy atom. The van der Waals surface area contributed by atoms with Crippen molar-refractivity contribution in [1.29, 1.82) is 0 Å². The van der Waals surface area contributed by atoms with Crippen molar-refractivity contribution in [2.75, 3.05) is 36.0 Å². The Hall–Kier alpha value is -2.03. The van der Waals surface area contributed by atoms with Crippen LogP contribution in [0.15, 0.2) is 48.7 Å². The lowest BCUT2D eigenvalue weighted by atomic mass is 9.87. The molecule has 0 atom stereocenters. The van der Waals surface area contributed by atoms with Gasteiger partial charge in [0.2, 0.25) is 0 Å². The van der Waals surface area contributed by atoms with E-state index in [1.165, 1.54) is 11.3 Å². The second-order valence-electron chi connectivity index (χ2n) is 7.31. The van der Waals surface area contributed by atoms with Crippen LogP contribution >= 0.6 is 0 Å². The summed E-state index contributed by atoms with van der Waals surface area (Å²) in [6.45, 7) is 11.0. The quantitative estimate of drug-likeness (QED) is 0.832. The van der Waals surface area contributed by atoms with Gasteiger partial charge in [0.1, 0.15) is 5.82 Å². The predicted molar refractivity (Wildman–Crippen MR) is 98.4 cm³/mol. The molecule has 0 amide bonds. The lowest BCUT2D eigenvalue weighted by molar-refractivity contribution is 0.590. The molecule has 2 heterocycles. The molecule has 0 N–H and O–H groups in total. The van der Waals surface area contributed by atoms with E-state index < -0.39 is 0 Å². The maximum Gasteiger partial charge on any atom is 0.128 e. The van der Waals surface area contributed by atoms with E-state index in [4.69, 9.17) is 0 Å². The highest BCUT2D eigenvalue weighted by molar-refractivity contribution is 5.49. The van der Waals surface area contributed by atoms with Gasteiger partial charge in [0, 0.05) is 38.1 Å². The molecule has 122 valence electrons. The molecule has 23 heavy (non-hydrogen) atoms. The molecule has 0 saturated carbocycles. The van der Waals surface area contributed by atoms with Crippen molar-refractivity contribution in [2.24, 2.45) is 0 Å². The highest BCUT2D eigenvalue weighted by atomic mass is 15.2. The number of nitrogens with zero attached hydrogens (tertiary/aromatic N) is 3. The van der Waals surface area contributed by atoms with Crippen molar-refractivity contribution in [1.82, 2.24) is 4.98 Å². The Balaban J connectivity index is 1.68. The highest BCUT2D eigenvalue weighted by Gasteiger charge is 2.17. The molecule has 1 aromatic carbocycles. The van der Waals surface area contributed by atoms with Crippen LogP contribution in [0.3, 0.4) is 0 Å². The van der Waals surface area contributed by atoms with Gasteiger partial charge < -0.3 is 9.80 Å². The summed E-state index contributed by atoms with van der Waals surface area (Å²) < 4.78 is 0. The summed E-state index contributed by atoms with van der Waals surface area (Å²) in [5.74, 6) is 1.09. The zero-order valence-electron chi connectivity index (χ0n) is 14.5. The van der Waals surface area contributed by atoms with Crippen molar-refractivity contribution in [2.45, 2.75) is 32.6 Å². The van der Waals surface area contributed by atoms with Gasteiger partial charge in [-0.3, -0.25) is 0 Å². The molecule has 3 nitrogen and oxygen atoms in total. The lowest BCUT2D eigenvalue weighted by Gasteiger charge is -2.25. The topological polar surface area (TPSA) is 19.4 Å². The lowest BCUT2D eigenvalue weighted by Crippen LogP contribution is -2.31. The summed E-state index contributed by atoms with van der Waals surface area (Å²) in [6.07, 6.45) is 3.04. The van der Waals surface area contributed by atoms with E-state index in [2.05, 4.69) is 72.0 Å². The van der Waals surface area contributed by atoms with Crippen molar-refractivity contribution >= 4 is 11.5 Å². The fourth-order valence-corrected chi connectivity index (χ4v) is 3.12. The minimum Gasteiger partial charge on any atom is -0.370 e. The van der Waals surface area contributed by atoms with E-state index in [1.54, 1.807) is 0 Å². The average Bonchev–Trinajstić information content (AvgIpc) is 2.81. The van der Waals surface area contributed by atoms with Crippen LogP contribution < -0.4 is 9.80 Å². The van der Waals surface area contributed by atoms with E-state index in [1.807, 2.05) is 12.3 Å². The first-order valence-corrected chi connectivity index (χ1v) is 8.55. The minimum atomic E-state index is 0.215. The van der Waals surface area contributed by atoms with Gasteiger partial charge in [-0.15, -0.1) is 0 Å². The van der Waals surface area contributed by atoms with Crippen LogP contribution in [0.25, 0.3) is 0 Å². The zero-order chi connectivity index (χ0) is 16.3. The van der Waals surface area contributed by atoms with Crippen molar-refractivity contribution in [3.8, 4) is 0 Å². The second kappa shape index (κ2) is 6.61. The zero-order valence-corrected chi connectivity index (χ0v) is 14.5. The van der Waals surface area contributed by atoms with Gasteiger partial charge in [-0.2, -0.15) is 0 Å². The van der Waals surface area contributed by atoms with Crippen LogP contribution in [0.5, 0.6) is 0 Å². The van der Waals surface area contributed by atoms with Gasteiger partial charge in [-0.1, -0.05) is 39.0 Å². The van der Waals surface area contributed by atoms with Gasteiger partial charge in [0.25, 0.3) is 0 Å². The van der Waals surface area contributed by atoms with E-state index in [0.29, 0.717) is 0 Å². The Morgan fingerprint density at radius 1 is 0.826 bits per heavy atom. The summed E-state index contributed by atoms with van der Waals surface area (Å²) >= 11 is 0. The summed E-state index contributed by atoms with van der Waals surface area (Å²) in [5.41, 5.74) is 2.94. The number of pyridine rings is 1. The molecule has 0 spiro atoms. The molecular formula is C20H27N3. The normalized spacial score (nSPS) is 16.3. The van der Waals surface area contributed by atoms with Gasteiger partial charge in [-0.25, -0.2) is 4.98 Å². The van der Waals surface area contributed by atoms with E-state index in [0.717, 1.165) is 38.4 Å². The number of aromatic nitrogens is 1. The first kappa shape index (κ1) is 15.9. The van der Waals surface area contributed by atoms with Crippen molar-refractivity contribution in [3.05, 3.63) is 54.2 Å². The minimum absolute atomic E-state index is 0.215. The highest BCUT2D eigenvalue weighted by Crippen LogP contribution is 2.25. The standard InChI is InChI=1S/C20H27N3/c1-20(2,3)17-8-10-18(11-9-17)22-13-6-14-23(16-15-22)19-7-4-5-12-21-19/h4-5,7-12H,6,13-16H2,1-3H3. The maximum absolute atomic E-state index is 4.49. The van der Waals surface area contributed by atoms with Crippen molar-refractivity contribution in [3.63, 3.8) is 0 Å². The van der Waals surface area contributed by atoms with Crippen LogP contribution in [0.4, 0.5) is 11.5 Å². The number of hydrogen-bond acceptors (Lipinski definition) is 3. The third-order valence-electron chi connectivity index (χ3n) is 4.57. The molecule has 1 saturated heterocycles. The first-order chi connectivity index (χ1) is 11.0. The second-order valence-corrected chi connectivity index (χ2v) is 7.31. The Bertz CT molecular complexity index is 614. The van der Waals surface area contributed by atoms with E-state index in [9.17, 15) is 0 Å². The number of benzene rings is 1. The summed E-state index contributed by atoms with van der Waals surface area (Å²) in [5, 5.41) is 0. The largest absolute Gasteiger partial charge is 0.370 e. The molecule has 3 rings (SSSR count). The summed E-state index contributed by atoms with van der Waals surface area (Å²) in [7, 11) is 0. The van der Waals surface area contributed by atoms with Gasteiger partial charge in [-0.05, 0) is 41.7 Å². The molecule has 0 aliphatic carbocycles. The first-order valence-electron chi connectivity index (χ1n) is 8.55. The molecule has 1 aliphatic heterocycles. The fourth-order valence-electron chi connectivity index (χ4n) is 3.12. The molecule has 1 fully saturated rings. The fraction of sp³-hybridized carbons (Fsp3) is 0.450. The Morgan fingerprint density at radius 3 is 2.17 bits per heavy atom. The van der Waals surface area contributed by atoms with Crippen molar-refractivity contribution < 1.29 is 0 Å². The van der Waals surface area contributed by atoms with Crippen LogP contribution in [0, 0.1) is 0 Å². The molecule has 2 aromatic rings. The Labute approximate surface area is 140 Å². The Kier molecular flexibility index (Phi) is 4.56. The molecule has 1 aromatic heterocycles. The summed E-state index contributed by atoms with van der Waals surface area (Å²) in [4.78, 5) is 9.38. The average molecular weight is 309 g/mol. The van der Waals surface area contributed by atoms with Crippen LogP contribution in [-0.2, 0) is 5.41 Å². The number of hydrogen-bond donors (Lipinski definition) is 0. The SMILES string of the molecule is CC(C)(C)c1ccc(N2CCCN(c3ccccn3)CC2)cc1. The summed E-state index contributed by atoms with van der Waals surface area (Å²) in [6, 6.07) is 15.2. The molecule has 1 aliphatic rings. The smallest absolute Gasteiger partial charge is 0.128 e. The molecule has 3 heteroatoms. The van der Waals surface area contributed by atoms with Crippen LogP contribution in [0.1, 0.15) is 32.8 Å². The van der Waals surface area contributed by atoms with E-state index in [-0.39, 0.29) is 5.41 Å². The third kappa shape index (κ3) is 3.84. The number of anilines is 2.